The van der Waals surface area contributed by atoms with E-state index in [9.17, 15) is 19.3 Å². The lowest BCUT2D eigenvalue weighted by Crippen LogP contribution is -2.13. The van der Waals surface area contributed by atoms with Crippen molar-refractivity contribution in [1.29, 1.82) is 0 Å². The molecule has 0 heterocycles. The predicted octanol–water partition coefficient (Wildman–Crippen LogP) is 3.34. The highest BCUT2D eigenvalue weighted by Crippen LogP contribution is 2.25. The summed E-state index contributed by atoms with van der Waals surface area (Å²) in [5.74, 6) is -1.18. The fraction of sp³-hybridized carbons (Fsp3) is 0.133. The van der Waals surface area contributed by atoms with E-state index in [0.29, 0.717) is 5.69 Å². The monoisotopic (exact) mass is 303 g/mol. The maximum Gasteiger partial charge on any atom is 0.293 e. The molecule has 0 radical (unpaired) electrons. The van der Waals surface area contributed by atoms with Crippen molar-refractivity contribution in [2.45, 2.75) is 6.92 Å². The average molecular weight is 303 g/mol. The average Bonchev–Trinajstić information content (AvgIpc) is 2.49. The minimum Gasteiger partial charge on any atom is -0.383 e. The molecule has 0 saturated heterocycles. The molecule has 7 heteroatoms. The number of aryl methyl sites for hydroxylation is 1. The van der Waals surface area contributed by atoms with Gasteiger partial charge < -0.3 is 10.6 Å². The molecule has 6 nitrogen and oxygen atoms in total. The van der Waals surface area contributed by atoms with Gasteiger partial charge in [-0.3, -0.25) is 14.9 Å². The van der Waals surface area contributed by atoms with Crippen molar-refractivity contribution >= 4 is 23.0 Å². The second kappa shape index (κ2) is 6.21. The van der Waals surface area contributed by atoms with Gasteiger partial charge in [0.05, 0.1) is 10.6 Å². The van der Waals surface area contributed by atoms with Crippen molar-refractivity contribution in [3.63, 3.8) is 0 Å². The van der Waals surface area contributed by atoms with Gasteiger partial charge in [-0.1, -0.05) is 6.07 Å². The Morgan fingerprint density at radius 2 is 1.86 bits per heavy atom. The van der Waals surface area contributed by atoms with E-state index in [2.05, 4.69) is 10.6 Å². The van der Waals surface area contributed by atoms with Crippen LogP contribution in [0.5, 0.6) is 0 Å². The largest absolute Gasteiger partial charge is 0.383 e. The Hall–Kier alpha value is -2.96. The summed E-state index contributed by atoms with van der Waals surface area (Å²) in [6.45, 7) is 1.73. The molecule has 0 aliphatic heterocycles. The van der Waals surface area contributed by atoms with Gasteiger partial charge in [-0.05, 0) is 36.8 Å². The summed E-state index contributed by atoms with van der Waals surface area (Å²) in [5.41, 5.74) is 0.897. The minimum absolute atomic E-state index is 0.0240. The molecule has 0 saturated carbocycles. The summed E-state index contributed by atoms with van der Waals surface area (Å²) in [4.78, 5) is 22.5. The summed E-state index contributed by atoms with van der Waals surface area (Å²) in [7, 11) is 1.55. The lowest BCUT2D eigenvalue weighted by molar-refractivity contribution is -0.384. The Balaban J connectivity index is 2.30. The van der Waals surface area contributed by atoms with Gasteiger partial charge in [0.25, 0.3) is 11.6 Å². The third-order valence-corrected chi connectivity index (χ3v) is 3.10. The van der Waals surface area contributed by atoms with E-state index in [1.807, 2.05) is 0 Å². The first kappa shape index (κ1) is 15.4. The quantitative estimate of drug-likeness (QED) is 0.670. The fourth-order valence-electron chi connectivity index (χ4n) is 1.95. The highest BCUT2D eigenvalue weighted by atomic mass is 19.1. The Morgan fingerprint density at radius 3 is 2.45 bits per heavy atom. The van der Waals surface area contributed by atoms with Crippen LogP contribution in [0, 0.1) is 22.9 Å². The molecule has 0 aliphatic rings. The van der Waals surface area contributed by atoms with E-state index in [1.165, 1.54) is 24.3 Å². The van der Waals surface area contributed by atoms with Crippen molar-refractivity contribution in [3.05, 3.63) is 63.5 Å². The molecule has 0 aromatic heterocycles. The second-order valence-corrected chi connectivity index (χ2v) is 4.68. The highest BCUT2D eigenvalue weighted by Gasteiger charge is 2.17. The molecule has 0 unspecified atom stereocenters. The van der Waals surface area contributed by atoms with Crippen LogP contribution in [0.4, 0.5) is 21.5 Å². The Labute approximate surface area is 126 Å². The van der Waals surface area contributed by atoms with Gasteiger partial charge in [-0.15, -0.1) is 0 Å². The number of carbonyl (C=O) groups is 1. The summed E-state index contributed by atoms with van der Waals surface area (Å²) in [6.07, 6.45) is 0. The first-order chi connectivity index (χ1) is 10.4. The number of rotatable bonds is 4. The van der Waals surface area contributed by atoms with Gasteiger partial charge in [0.15, 0.2) is 0 Å². The van der Waals surface area contributed by atoms with Crippen molar-refractivity contribution < 1.29 is 14.1 Å². The van der Waals surface area contributed by atoms with Crippen LogP contribution in [0.15, 0.2) is 36.4 Å². The maximum atomic E-state index is 13.7. The number of anilines is 2. The summed E-state index contributed by atoms with van der Waals surface area (Å²) < 4.78 is 13.7. The number of hydrogen-bond donors (Lipinski definition) is 2. The molecule has 114 valence electrons. The number of nitro benzene ring substituents is 1. The molecular weight excluding hydrogens is 289 g/mol. The van der Waals surface area contributed by atoms with Crippen LogP contribution in [-0.2, 0) is 0 Å². The van der Waals surface area contributed by atoms with Crippen LogP contribution in [-0.4, -0.2) is 17.9 Å². The van der Waals surface area contributed by atoms with Crippen molar-refractivity contribution in [1.82, 2.24) is 0 Å². The first-order valence-corrected chi connectivity index (χ1v) is 6.46. The van der Waals surface area contributed by atoms with Crippen molar-refractivity contribution in [2.24, 2.45) is 0 Å². The van der Waals surface area contributed by atoms with Gasteiger partial charge in [-0.25, -0.2) is 4.39 Å². The first-order valence-electron chi connectivity index (χ1n) is 6.46. The third kappa shape index (κ3) is 3.20. The van der Waals surface area contributed by atoms with Crippen molar-refractivity contribution in [2.75, 3.05) is 17.7 Å². The van der Waals surface area contributed by atoms with E-state index in [0.717, 1.165) is 11.6 Å². The van der Waals surface area contributed by atoms with Crippen LogP contribution in [0.1, 0.15) is 15.9 Å². The molecule has 0 atom stereocenters. The van der Waals surface area contributed by atoms with Gasteiger partial charge >= 0.3 is 0 Å². The lowest BCUT2D eigenvalue weighted by atomic mass is 10.1. The molecule has 2 aromatic rings. The summed E-state index contributed by atoms with van der Waals surface area (Å²) in [6, 6.07) is 8.40. The number of nitrogens with zero attached hydrogens (tertiary/aromatic N) is 1. The number of nitrogens with one attached hydrogen (secondary N) is 2. The minimum atomic E-state index is -0.617. The van der Waals surface area contributed by atoms with E-state index in [1.54, 1.807) is 20.0 Å². The van der Waals surface area contributed by atoms with Gasteiger partial charge in [-0.2, -0.15) is 0 Å². The van der Waals surface area contributed by atoms with Crippen molar-refractivity contribution in [3.8, 4) is 0 Å². The number of nitro groups is 1. The van der Waals surface area contributed by atoms with Crippen LogP contribution < -0.4 is 10.6 Å². The summed E-state index contributed by atoms with van der Waals surface area (Å²) >= 11 is 0. The molecule has 1 amide bonds. The molecule has 2 rings (SSSR count). The molecule has 0 bridgehead atoms. The lowest BCUT2D eigenvalue weighted by Gasteiger charge is -2.08. The normalized spacial score (nSPS) is 10.1. The Kier molecular flexibility index (Phi) is 4.36. The smallest absolute Gasteiger partial charge is 0.293 e. The molecule has 2 aromatic carbocycles. The second-order valence-electron chi connectivity index (χ2n) is 4.68. The maximum absolute atomic E-state index is 13.7. The standard InChI is InChI=1S/C15H14FN3O3/c1-9-3-5-12(11(16)7-9)18-15(20)10-4-6-13(17-2)14(8-10)19(21)22/h3-8,17H,1-2H3,(H,18,20). The predicted molar refractivity (Wildman–Crippen MR) is 81.7 cm³/mol. The van der Waals surface area contributed by atoms with E-state index in [4.69, 9.17) is 0 Å². The Bertz CT molecular complexity index is 747. The van der Waals surface area contributed by atoms with Gasteiger partial charge in [0, 0.05) is 18.7 Å². The molecule has 2 N–H and O–H groups in total. The van der Waals surface area contributed by atoms with Gasteiger partial charge in [0.2, 0.25) is 0 Å². The molecule has 0 fully saturated rings. The van der Waals surface area contributed by atoms with Crippen LogP contribution >= 0.6 is 0 Å². The van der Waals surface area contributed by atoms with Crippen LogP contribution in [0.25, 0.3) is 0 Å². The number of amides is 1. The third-order valence-electron chi connectivity index (χ3n) is 3.10. The summed E-state index contributed by atoms with van der Waals surface area (Å²) in [5, 5.41) is 16.1. The zero-order chi connectivity index (χ0) is 16.3. The number of hydrogen-bond acceptors (Lipinski definition) is 4. The number of carbonyl (C=O) groups excluding carboxylic acids is 1. The Morgan fingerprint density at radius 1 is 1.18 bits per heavy atom. The SMILES string of the molecule is CNc1ccc(C(=O)Nc2ccc(C)cc2F)cc1[N+](=O)[O-]. The number of benzene rings is 2. The molecule has 22 heavy (non-hydrogen) atoms. The fourth-order valence-corrected chi connectivity index (χ4v) is 1.95. The van der Waals surface area contributed by atoms with Crippen LogP contribution in [0.3, 0.4) is 0 Å². The van der Waals surface area contributed by atoms with Crippen LogP contribution in [0.2, 0.25) is 0 Å². The highest BCUT2D eigenvalue weighted by molar-refractivity contribution is 6.05. The molecule has 0 spiro atoms. The van der Waals surface area contributed by atoms with E-state index >= 15 is 0 Å². The van der Waals surface area contributed by atoms with E-state index < -0.39 is 16.6 Å². The molecule has 0 aliphatic carbocycles. The molecular formula is C15H14FN3O3. The number of halogens is 1. The zero-order valence-electron chi connectivity index (χ0n) is 12.0. The van der Waals surface area contributed by atoms with E-state index in [-0.39, 0.29) is 16.9 Å². The zero-order valence-corrected chi connectivity index (χ0v) is 12.0. The topological polar surface area (TPSA) is 84.3 Å². The van der Waals surface area contributed by atoms with Gasteiger partial charge in [0.1, 0.15) is 11.5 Å².